The topological polar surface area (TPSA) is 68.5 Å². The number of carbonyl (C=O) groups is 1. The van der Waals surface area contributed by atoms with Crippen molar-refractivity contribution in [3.63, 3.8) is 0 Å². The summed E-state index contributed by atoms with van der Waals surface area (Å²) in [6, 6.07) is 9.02. The van der Waals surface area contributed by atoms with Gasteiger partial charge in [-0.25, -0.2) is 4.98 Å². The van der Waals surface area contributed by atoms with E-state index in [0.29, 0.717) is 18.9 Å². The maximum Gasteiger partial charge on any atom is 0.573 e. The van der Waals surface area contributed by atoms with Gasteiger partial charge in [-0.3, -0.25) is 4.79 Å². The van der Waals surface area contributed by atoms with E-state index in [0.717, 1.165) is 24.5 Å². The molecule has 0 spiro atoms. The van der Waals surface area contributed by atoms with Crippen LogP contribution in [0, 0.1) is 5.92 Å². The number of halogens is 3. The number of aromatic nitrogens is 1. The number of para-hydroxylation sites is 1. The minimum absolute atomic E-state index is 0.0837. The van der Waals surface area contributed by atoms with Crippen molar-refractivity contribution in [2.24, 2.45) is 5.92 Å². The van der Waals surface area contributed by atoms with Crippen molar-refractivity contribution in [3.05, 3.63) is 53.7 Å². The molecule has 8 heteroatoms. The summed E-state index contributed by atoms with van der Waals surface area (Å²) in [5.74, 6) is -0.266. The molecule has 1 aromatic carbocycles. The molecule has 2 N–H and O–H groups in total. The third-order valence-corrected chi connectivity index (χ3v) is 4.29. The Morgan fingerprint density at radius 2 is 2.04 bits per heavy atom. The quantitative estimate of drug-likeness (QED) is 0.903. The third kappa shape index (κ3) is 4.44. The molecule has 26 heavy (non-hydrogen) atoms. The second-order valence-electron chi connectivity index (χ2n) is 6.25. The van der Waals surface area contributed by atoms with Crippen molar-refractivity contribution < 1.29 is 22.7 Å². The Morgan fingerprint density at radius 1 is 1.27 bits per heavy atom. The van der Waals surface area contributed by atoms with Crippen LogP contribution in [-0.4, -0.2) is 35.2 Å². The lowest BCUT2D eigenvalue weighted by Crippen LogP contribution is -2.30. The van der Waals surface area contributed by atoms with Crippen LogP contribution < -0.4 is 10.5 Å². The fraction of sp³-hybridized carbons (Fsp3) is 0.333. The minimum atomic E-state index is -4.84. The highest BCUT2D eigenvalue weighted by atomic mass is 19.4. The predicted octanol–water partition coefficient (Wildman–Crippen LogP) is 3.27. The molecule has 138 valence electrons. The van der Waals surface area contributed by atoms with Gasteiger partial charge in [0.15, 0.2) is 0 Å². The minimum Gasteiger partial charge on any atom is -0.405 e. The van der Waals surface area contributed by atoms with Crippen LogP contribution in [0.1, 0.15) is 22.3 Å². The molecule has 1 aliphatic heterocycles. The number of alkyl halides is 3. The van der Waals surface area contributed by atoms with Gasteiger partial charge in [0.25, 0.3) is 5.91 Å². The summed E-state index contributed by atoms with van der Waals surface area (Å²) in [5, 5.41) is 0. The highest BCUT2D eigenvalue weighted by molar-refractivity contribution is 5.97. The number of amides is 1. The molecular formula is C18H18F3N3O2. The van der Waals surface area contributed by atoms with Crippen molar-refractivity contribution >= 4 is 11.7 Å². The van der Waals surface area contributed by atoms with Gasteiger partial charge in [0.1, 0.15) is 11.6 Å². The molecule has 1 fully saturated rings. The number of ether oxygens (including phenoxy) is 1. The van der Waals surface area contributed by atoms with Crippen molar-refractivity contribution in [1.29, 1.82) is 0 Å². The first-order valence-corrected chi connectivity index (χ1v) is 8.16. The maximum atomic E-state index is 12.6. The molecule has 2 aromatic rings. The maximum absolute atomic E-state index is 12.6. The lowest BCUT2D eigenvalue weighted by atomic mass is 10.00. The molecule has 2 heterocycles. The molecule has 1 aliphatic rings. The van der Waals surface area contributed by atoms with Gasteiger partial charge in [-0.05, 0) is 42.5 Å². The highest BCUT2D eigenvalue weighted by Crippen LogP contribution is 2.29. The molecule has 0 radical (unpaired) electrons. The number of nitrogens with two attached hydrogens (primary N) is 1. The van der Waals surface area contributed by atoms with Gasteiger partial charge < -0.3 is 15.4 Å². The Hall–Kier alpha value is -2.77. The Balaban J connectivity index is 1.67. The number of benzene rings is 1. The summed E-state index contributed by atoms with van der Waals surface area (Å²) in [5.41, 5.74) is 6.49. The van der Waals surface area contributed by atoms with Gasteiger partial charge in [-0.1, -0.05) is 18.2 Å². The van der Waals surface area contributed by atoms with Gasteiger partial charge in [-0.2, -0.15) is 0 Å². The van der Waals surface area contributed by atoms with Crippen LogP contribution >= 0.6 is 0 Å². The van der Waals surface area contributed by atoms with E-state index in [1.54, 1.807) is 17.2 Å². The number of likely N-dealkylation sites (tertiary alicyclic amines) is 1. The second-order valence-corrected chi connectivity index (χ2v) is 6.25. The SMILES string of the molecule is Nc1ccc(CC2CCN(C(=O)c3ccccc3OC(F)(F)F)C2)cn1. The molecule has 1 amide bonds. The van der Waals surface area contributed by atoms with Gasteiger partial charge in [0.2, 0.25) is 0 Å². The van der Waals surface area contributed by atoms with Crippen molar-refractivity contribution in [2.45, 2.75) is 19.2 Å². The van der Waals surface area contributed by atoms with Crippen LogP contribution in [0.5, 0.6) is 5.75 Å². The molecule has 5 nitrogen and oxygen atoms in total. The van der Waals surface area contributed by atoms with Gasteiger partial charge in [-0.15, -0.1) is 13.2 Å². The average Bonchev–Trinajstić information content (AvgIpc) is 3.04. The van der Waals surface area contributed by atoms with Crippen LogP contribution in [-0.2, 0) is 6.42 Å². The van der Waals surface area contributed by atoms with Gasteiger partial charge in [0.05, 0.1) is 5.56 Å². The van der Waals surface area contributed by atoms with Crippen molar-refractivity contribution in [1.82, 2.24) is 9.88 Å². The smallest absolute Gasteiger partial charge is 0.405 e. The first-order chi connectivity index (χ1) is 12.3. The number of anilines is 1. The van der Waals surface area contributed by atoms with Crippen LogP contribution in [0.2, 0.25) is 0 Å². The van der Waals surface area contributed by atoms with E-state index in [4.69, 9.17) is 5.73 Å². The third-order valence-electron chi connectivity index (χ3n) is 4.29. The standard InChI is InChI=1S/C18H18F3N3O2/c19-18(20,21)26-15-4-2-1-3-14(15)17(25)24-8-7-13(11-24)9-12-5-6-16(22)23-10-12/h1-6,10,13H,7-9,11H2,(H2,22,23). The molecule has 0 bridgehead atoms. The van der Waals surface area contributed by atoms with Crippen molar-refractivity contribution in [3.8, 4) is 5.75 Å². The lowest BCUT2D eigenvalue weighted by molar-refractivity contribution is -0.274. The van der Waals surface area contributed by atoms with E-state index < -0.39 is 18.0 Å². The van der Waals surface area contributed by atoms with E-state index in [9.17, 15) is 18.0 Å². The van der Waals surface area contributed by atoms with Gasteiger partial charge >= 0.3 is 6.36 Å². The second kappa shape index (κ2) is 7.23. The molecule has 1 aromatic heterocycles. The Morgan fingerprint density at radius 3 is 2.73 bits per heavy atom. The number of nitrogens with zero attached hydrogens (tertiary/aromatic N) is 2. The van der Waals surface area contributed by atoms with Crippen LogP contribution in [0.25, 0.3) is 0 Å². The first-order valence-electron chi connectivity index (χ1n) is 8.16. The lowest BCUT2D eigenvalue weighted by Gasteiger charge is -2.19. The number of nitrogen functional groups attached to an aromatic ring is 1. The van der Waals surface area contributed by atoms with Gasteiger partial charge in [0, 0.05) is 19.3 Å². The number of rotatable bonds is 4. The van der Waals surface area contributed by atoms with Crippen LogP contribution in [0.3, 0.4) is 0 Å². The van der Waals surface area contributed by atoms with E-state index in [1.165, 1.54) is 18.2 Å². The normalized spacial score (nSPS) is 17.3. The Labute approximate surface area is 148 Å². The molecular weight excluding hydrogens is 347 g/mol. The monoisotopic (exact) mass is 365 g/mol. The number of pyridine rings is 1. The molecule has 0 saturated carbocycles. The Kier molecular flexibility index (Phi) is 5.01. The summed E-state index contributed by atoms with van der Waals surface area (Å²) < 4.78 is 41.6. The molecule has 1 unspecified atom stereocenters. The molecule has 1 atom stereocenters. The molecule has 3 rings (SSSR count). The van der Waals surface area contributed by atoms with Crippen molar-refractivity contribution in [2.75, 3.05) is 18.8 Å². The number of carbonyl (C=O) groups excluding carboxylic acids is 1. The molecule has 1 saturated heterocycles. The van der Waals surface area contributed by atoms with E-state index in [1.807, 2.05) is 6.07 Å². The number of hydrogen-bond acceptors (Lipinski definition) is 4. The predicted molar refractivity (Wildman–Crippen MR) is 89.5 cm³/mol. The largest absolute Gasteiger partial charge is 0.573 e. The van der Waals surface area contributed by atoms with E-state index in [-0.39, 0.29) is 11.5 Å². The summed E-state index contributed by atoms with van der Waals surface area (Å²) in [7, 11) is 0. The molecule has 0 aliphatic carbocycles. The average molecular weight is 365 g/mol. The zero-order valence-corrected chi connectivity index (χ0v) is 13.9. The summed E-state index contributed by atoms with van der Waals surface area (Å²) >= 11 is 0. The highest BCUT2D eigenvalue weighted by Gasteiger charge is 2.34. The fourth-order valence-electron chi connectivity index (χ4n) is 3.10. The zero-order valence-electron chi connectivity index (χ0n) is 13.9. The summed E-state index contributed by atoms with van der Waals surface area (Å²) in [4.78, 5) is 18.3. The summed E-state index contributed by atoms with van der Waals surface area (Å²) in [6.07, 6.45) is -1.63. The number of hydrogen-bond donors (Lipinski definition) is 1. The van der Waals surface area contributed by atoms with Crippen LogP contribution in [0.15, 0.2) is 42.6 Å². The fourth-order valence-corrected chi connectivity index (χ4v) is 3.10. The van der Waals surface area contributed by atoms with E-state index in [2.05, 4.69) is 9.72 Å². The Bertz CT molecular complexity index is 778. The summed E-state index contributed by atoms with van der Waals surface area (Å²) in [6.45, 7) is 0.968. The van der Waals surface area contributed by atoms with Crippen LogP contribution in [0.4, 0.5) is 19.0 Å². The first kappa shape index (κ1) is 18.0. The van der Waals surface area contributed by atoms with E-state index >= 15 is 0 Å². The zero-order chi connectivity index (χ0) is 18.7.